The first-order valence-corrected chi connectivity index (χ1v) is 9.94. The Labute approximate surface area is 152 Å². The molecule has 0 spiro atoms. The number of benzene rings is 1. The maximum absolute atomic E-state index is 12.4. The topological polar surface area (TPSA) is 59.8 Å². The summed E-state index contributed by atoms with van der Waals surface area (Å²) in [6.45, 7) is 4.57. The number of aryl methyl sites for hydroxylation is 1. The van der Waals surface area contributed by atoms with Crippen LogP contribution in [0.3, 0.4) is 0 Å². The van der Waals surface area contributed by atoms with Gasteiger partial charge in [0.05, 0.1) is 5.25 Å². The highest BCUT2D eigenvalue weighted by Gasteiger charge is 2.37. The van der Waals surface area contributed by atoms with Crippen LogP contribution in [-0.4, -0.2) is 25.9 Å². The Hall–Kier alpha value is -1.82. The summed E-state index contributed by atoms with van der Waals surface area (Å²) in [5.41, 5.74) is 2.35. The van der Waals surface area contributed by atoms with Crippen LogP contribution in [0.1, 0.15) is 61.5 Å². The standard InChI is InChI=1S/C19H24N4OS/c1-12-3-5-14(6-4-12)11-20-18(24)13(2)25-19-22-21-17(15-7-8-15)23(19)16-9-10-16/h3-6,13,15-16H,7-11H2,1-2H3,(H,20,24). The molecule has 2 aromatic rings. The lowest BCUT2D eigenvalue weighted by atomic mass is 10.1. The van der Waals surface area contributed by atoms with Gasteiger partial charge in [0.2, 0.25) is 5.91 Å². The molecule has 4 rings (SSSR count). The lowest BCUT2D eigenvalue weighted by molar-refractivity contribution is -0.120. The van der Waals surface area contributed by atoms with Crippen LogP contribution in [0.4, 0.5) is 0 Å². The fourth-order valence-electron chi connectivity index (χ4n) is 2.92. The summed E-state index contributed by atoms with van der Waals surface area (Å²) in [5, 5.41) is 12.6. The zero-order valence-corrected chi connectivity index (χ0v) is 15.6. The van der Waals surface area contributed by atoms with Gasteiger partial charge >= 0.3 is 0 Å². The number of carbonyl (C=O) groups is 1. The highest BCUT2D eigenvalue weighted by molar-refractivity contribution is 8.00. The number of rotatable bonds is 7. The number of nitrogens with zero attached hydrogens (tertiary/aromatic N) is 3. The Morgan fingerprint density at radius 2 is 1.96 bits per heavy atom. The summed E-state index contributed by atoms with van der Waals surface area (Å²) in [6, 6.07) is 8.79. The zero-order valence-electron chi connectivity index (χ0n) is 14.7. The summed E-state index contributed by atoms with van der Waals surface area (Å²) in [5.74, 6) is 1.77. The van der Waals surface area contributed by atoms with E-state index in [-0.39, 0.29) is 11.2 Å². The van der Waals surface area contributed by atoms with Gasteiger partial charge in [-0.3, -0.25) is 4.79 Å². The van der Waals surface area contributed by atoms with Gasteiger partial charge in [-0.1, -0.05) is 41.6 Å². The van der Waals surface area contributed by atoms with Crippen molar-refractivity contribution in [3.8, 4) is 0 Å². The molecule has 1 heterocycles. The van der Waals surface area contributed by atoms with Crippen molar-refractivity contribution < 1.29 is 4.79 Å². The SMILES string of the molecule is Cc1ccc(CNC(=O)C(C)Sc2nnc(C3CC3)n2C2CC2)cc1. The van der Waals surface area contributed by atoms with Crippen LogP contribution in [-0.2, 0) is 11.3 Å². The van der Waals surface area contributed by atoms with Gasteiger partial charge < -0.3 is 9.88 Å². The largest absolute Gasteiger partial charge is 0.351 e. The molecule has 1 aromatic carbocycles. The van der Waals surface area contributed by atoms with Crippen molar-refractivity contribution in [2.24, 2.45) is 0 Å². The molecule has 0 aliphatic heterocycles. The molecule has 2 saturated carbocycles. The van der Waals surface area contributed by atoms with E-state index in [1.807, 2.05) is 6.92 Å². The number of carbonyl (C=O) groups excluding carboxylic acids is 1. The average Bonchev–Trinajstić information content (AvgIpc) is 3.53. The fraction of sp³-hybridized carbons (Fsp3) is 0.526. The Morgan fingerprint density at radius 3 is 2.60 bits per heavy atom. The zero-order chi connectivity index (χ0) is 17.4. The third-order valence-corrected chi connectivity index (χ3v) is 5.84. The van der Waals surface area contributed by atoms with Crippen LogP contribution in [0, 0.1) is 6.92 Å². The summed E-state index contributed by atoms with van der Waals surface area (Å²) in [4.78, 5) is 12.4. The Balaban J connectivity index is 1.37. The normalized spacial score (nSPS) is 18.2. The Morgan fingerprint density at radius 1 is 1.24 bits per heavy atom. The third-order valence-electron chi connectivity index (χ3n) is 4.78. The molecule has 1 aromatic heterocycles. The minimum Gasteiger partial charge on any atom is -0.351 e. The smallest absolute Gasteiger partial charge is 0.233 e. The van der Waals surface area contributed by atoms with E-state index in [0.717, 1.165) is 16.5 Å². The number of hydrogen-bond acceptors (Lipinski definition) is 4. The van der Waals surface area contributed by atoms with Gasteiger partial charge in [0.1, 0.15) is 5.82 Å². The van der Waals surface area contributed by atoms with Gasteiger partial charge in [-0.2, -0.15) is 0 Å². The molecule has 6 heteroatoms. The van der Waals surface area contributed by atoms with Crippen LogP contribution in [0.25, 0.3) is 0 Å². The van der Waals surface area contributed by atoms with Crippen molar-refractivity contribution in [1.82, 2.24) is 20.1 Å². The maximum atomic E-state index is 12.4. The lowest BCUT2D eigenvalue weighted by Gasteiger charge is -2.13. The van der Waals surface area contributed by atoms with E-state index in [2.05, 4.69) is 51.3 Å². The fourth-order valence-corrected chi connectivity index (χ4v) is 3.87. The van der Waals surface area contributed by atoms with Crippen molar-refractivity contribution in [2.75, 3.05) is 0 Å². The molecule has 1 atom stereocenters. The monoisotopic (exact) mass is 356 g/mol. The maximum Gasteiger partial charge on any atom is 0.233 e. The first-order valence-electron chi connectivity index (χ1n) is 9.06. The predicted octanol–water partition coefficient (Wildman–Crippen LogP) is 3.60. The number of aromatic nitrogens is 3. The summed E-state index contributed by atoms with van der Waals surface area (Å²) in [7, 11) is 0. The van der Waals surface area contributed by atoms with Crippen molar-refractivity contribution in [3.63, 3.8) is 0 Å². The van der Waals surface area contributed by atoms with Crippen LogP contribution in [0.15, 0.2) is 29.4 Å². The van der Waals surface area contributed by atoms with Crippen molar-refractivity contribution in [3.05, 3.63) is 41.2 Å². The minimum absolute atomic E-state index is 0.0453. The summed E-state index contributed by atoms with van der Waals surface area (Å²) >= 11 is 1.53. The number of hydrogen-bond donors (Lipinski definition) is 1. The molecular formula is C19H24N4OS. The second kappa shape index (κ2) is 6.83. The molecule has 5 nitrogen and oxygen atoms in total. The molecule has 0 radical (unpaired) electrons. The summed E-state index contributed by atoms with van der Waals surface area (Å²) < 4.78 is 2.30. The van der Waals surface area contributed by atoms with Crippen LogP contribution in [0.2, 0.25) is 0 Å². The molecule has 2 aliphatic carbocycles. The predicted molar refractivity (Wildman–Crippen MR) is 98.6 cm³/mol. The molecule has 1 amide bonds. The lowest BCUT2D eigenvalue weighted by Crippen LogP contribution is -2.30. The number of thioether (sulfide) groups is 1. The van der Waals surface area contributed by atoms with Gasteiger partial charge in [0.25, 0.3) is 0 Å². The number of nitrogens with one attached hydrogen (secondary N) is 1. The van der Waals surface area contributed by atoms with Gasteiger partial charge in [-0.05, 0) is 45.1 Å². The molecule has 0 bridgehead atoms. The van der Waals surface area contributed by atoms with E-state index in [0.29, 0.717) is 18.5 Å². The van der Waals surface area contributed by atoms with E-state index >= 15 is 0 Å². The molecule has 1 unspecified atom stereocenters. The average molecular weight is 356 g/mol. The van der Waals surface area contributed by atoms with Gasteiger partial charge in [-0.25, -0.2) is 0 Å². The van der Waals surface area contributed by atoms with E-state index in [4.69, 9.17) is 0 Å². The summed E-state index contributed by atoms with van der Waals surface area (Å²) in [6.07, 6.45) is 4.86. The van der Waals surface area contributed by atoms with Crippen molar-refractivity contribution in [1.29, 1.82) is 0 Å². The minimum atomic E-state index is -0.181. The highest BCUT2D eigenvalue weighted by Crippen LogP contribution is 2.46. The first kappa shape index (κ1) is 16.6. The van der Waals surface area contributed by atoms with Gasteiger partial charge in [0, 0.05) is 18.5 Å². The van der Waals surface area contributed by atoms with Gasteiger partial charge in [-0.15, -0.1) is 10.2 Å². The molecule has 1 N–H and O–H groups in total. The van der Waals surface area contributed by atoms with Crippen molar-refractivity contribution >= 4 is 17.7 Å². The third kappa shape index (κ3) is 3.89. The first-order chi connectivity index (χ1) is 12.1. The molecular weight excluding hydrogens is 332 g/mol. The van der Waals surface area contributed by atoms with E-state index in [1.165, 1.54) is 43.0 Å². The molecule has 2 fully saturated rings. The Bertz CT molecular complexity index is 762. The quantitative estimate of drug-likeness (QED) is 0.770. The number of amides is 1. The van der Waals surface area contributed by atoms with E-state index < -0.39 is 0 Å². The van der Waals surface area contributed by atoms with E-state index in [1.54, 1.807) is 0 Å². The second-order valence-corrected chi connectivity index (χ2v) is 8.49. The molecule has 132 valence electrons. The molecule has 2 aliphatic rings. The molecule has 25 heavy (non-hydrogen) atoms. The van der Waals surface area contributed by atoms with E-state index in [9.17, 15) is 4.79 Å². The van der Waals surface area contributed by atoms with Crippen LogP contribution in [0.5, 0.6) is 0 Å². The van der Waals surface area contributed by atoms with Crippen molar-refractivity contribution in [2.45, 2.75) is 68.4 Å². The highest BCUT2D eigenvalue weighted by atomic mass is 32.2. The van der Waals surface area contributed by atoms with Crippen LogP contribution >= 0.6 is 11.8 Å². The Kier molecular flexibility index (Phi) is 4.54. The van der Waals surface area contributed by atoms with Gasteiger partial charge in [0.15, 0.2) is 5.16 Å². The second-order valence-electron chi connectivity index (χ2n) is 7.18. The van der Waals surface area contributed by atoms with Crippen LogP contribution < -0.4 is 5.32 Å². The molecule has 0 saturated heterocycles.